The Morgan fingerprint density at radius 1 is 0.350 bits per heavy atom. The predicted octanol–water partition coefficient (Wildman–Crippen LogP) is 15.0. The fourth-order valence-electron chi connectivity index (χ4n) is 9.88. The summed E-state index contributed by atoms with van der Waals surface area (Å²) in [6.07, 6.45) is 0. The number of nitrogens with zero attached hydrogens (tertiary/aromatic N) is 4. The van der Waals surface area contributed by atoms with E-state index in [1.54, 1.807) is 0 Å². The van der Waals surface area contributed by atoms with E-state index in [1.807, 2.05) is 12.1 Å². The molecule has 1 aliphatic rings. The first-order valence-corrected chi connectivity index (χ1v) is 20.5. The summed E-state index contributed by atoms with van der Waals surface area (Å²) in [6, 6.07) is 74.3. The minimum absolute atomic E-state index is 0.859. The summed E-state index contributed by atoms with van der Waals surface area (Å²) in [5, 5.41) is 9.59. The molecule has 0 radical (unpaired) electrons. The Balaban J connectivity index is 1.07. The van der Waals surface area contributed by atoms with Gasteiger partial charge in [-0.1, -0.05) is 152 Å². The highest BCUT2D eigenvalue weighted by Crippen LogP contribution is 2.54. The van der Waals surface area contributed by atoms with Crippen LogP contribution in [-0.4, -0.2) is 14.5 Å². The molecule has 0 atom stereocenters. The summed E-state index contributed by atoms with van der Waals surface area (Å²) in [5.74, 6) is 0. The molecule has 0 unspecified atom stereocenters. The van der Waals surface area contributed by atoms with Crippen LogP contribution in [0.2, 0.25) is 0 Å². The van der Waals surface area contributed by atoms with E-state index in [0.717, 1.165) is 61.2 Å². The van der Waals surface area contributed by atoms with Gasteiger partial charge in [0.2, 0.25) is 0 Å². The van der Waals surface area contributed by atoms with Crippen LogP contribution in [0.3, 0.4) is 0 Å². The summed E-state index contributed by atoms with van der Waals surface area (Å²) >= 11 is 0. The molecule has 0 saturated heterocycles. The van der Waals surface area contributed by atoms with Gasteiger partial charge in [0.1, 0.15) is 0 Å². The van der Waals surface area contributed by atoms with Crippen LogP contribution in [-0.2, 0) is 0 Å². The normalized spacial score (nSPS) is 12.3. The van der Waals surface area contributed by atoms with Crippen LogP contribution in [0.5, 0.6) is 0 Å². The van der Waals surface area contributed by atoms with Crippen LogP contribution in [0, 0.1) is 0 Å². The third-order valence-electron chi connectivity index (χ3n) is 12.5. The molecule has 60 heavy (non-hydrogen) atoms. The molecule has 0 amide bonds. The largest absolute Gasteiger partial charge is 0.309 e. The van der Waals surface area contributed by atoms with E-state index in [-0.39, 0.29) is 0 Å². The number of rotatable bonds is 4. The minimum Gasteiger partial charge on any atom is -0.309 e. The van der Waals surface area contributed by atoms with E-state index in [0.29, 0.717) is 0 Å². The Hall–Kier alpha value is -8.08. The maximum atomic E-state index is 5.47. The fourth-order valence-corrected chi connectivity index (χ4v) is 9.88. The molecule has 278 valence electrons. The van der Waals surface area contributed by atoms with Gasteiger partial charge in [0, 0.05) is 49.3 Å². The van der Waals surface area contributed by atoms with E-state index in [4.69, 9.17) is 9.97 Å². The second-order valence-corrected chi connectivity index (χ2v) is 15.7. The van der Waals surface area contributed by atoms with Gasteiger partial charge in [0.05, 0.1) is 50.5 Å². The molecule has 0 bridgehead atoms. The SMILES string of the molecule is c1ccc(-n2c3ccccc3c3cc(-c4nc5ccccc5nc4-c4cccc5c(N6c7c(ccc8ccccc78)-c7cccc8cccc6c78)cccc45)ccc32)cc1. The highest BCUT2D eigenvalue weighted by Gasteiger charge is 2.29. The summed E-state index contributed by atoms with van der Waals surface area (Å²) in [6.45, 7) is 0. The van der Waals surface area contributed by atoms with Crippen molar-refractivity contribution < 1.29 is 0 Å². The number of aromatic nitrogens is 3. The van der Waals surface area contributed by atoms with E-state index >= 15 is 0 Å². The lowest BCUT2D eigenvalue weighted by Crippen LogP contribution is -2.16. The number of anilines is 3. The van der Waals surface area contributed by atoms with Gasteiger partial charge in [-0.3, -0.25) is 0 Å². The molecule has 0 spiro atoms. The molecule has 12 aromatic rings. The Morgan fingerprint density at radius 2 is 0.983 bits per heavy atom. The van der Waals surface area contributed by atoms with Crippen LogP contribution in [0.15, 0.2) is 206 Å². The summed E-state index contributed by atoms with van der Waals surface area (Å²) in [7, 11) is 0. The molecule has 10 aromatic carbocycles. The Morgan fingerprint density at radius 3 is 1.87 bits per heavy atom. The van der Waals surface area contributed by atoms with Gasteiger partial charge in [-0.05, 0) is 76.3 Å². The summed E-state index contributed by atoms with van der Waals surface area (Å²) in [4.78, 5) is 13.4. The molecular weight excluding hydrogens is 729 g/mol. The van der Waals surface area contributed by atoms with E-state index in [1.165, 1.54) is 60.3 Å². The third-order valence-corrected chi connectivity index (χ3v) is 12.5. The zero-order valence-corrected chi connectivity index (χ0v) is 32.4. The molecule has 0 saturated carbocycles. The zero-order chi connectivity index (χ0) is 39.3. The zero-order valence-electron chi connectivity index (χ0n) is 32.4. The van der Waals surface area contributed by atoms with Crippen LogP contribution < -0.4 is 4.90 Å². The van der Waals surface area contributed by atoms with Gasteiger partial charge < -0.3 is 9.47 Å². The van der Waals surface area contributed by atoms with Gasteiger partial charge in [0.25, 0.3) is 0 Å². The second-order valence-electron chi connectivity index (χ2n) is 15.7. The van der Waals surface area contributed by atoms with Crippen molar-refractivity contribution in [3.05, 3.63) is 206 Å². The second kappa shape index (κ2) is 12.7. The number of hydrogen-bond donors (Lipinski definition) is 0. The fraction of sp³-hybridized carbons (Fsp3) is 0. The van der Waals surface area contributed by atoms with Crippen LogP contribution in [0.4, 0.5) is 17.1 Å². The lowest BCUT2D eigenvalue weighted by atomic mass is 9.88. The van der Waals surface area contributed by atoms with Crippen molar-refractivity contribution in [2.75, 3.05) is 4.90 Å². The van der Waals surface area contributed by atoms with Crippen molar-refractivity contribution in [3.8, 4) is 39.3 Å². The molecule has 0 N–H and O–H groups in total. The first-order valence-electron chi connectivity index (χ1n) is 20.5. The van der Waals surface area contributed by atoms with Gasteiger partial charge in [-0.25, -0.2) is 9.97 Å². The van der Waals surface area contributed by atoms with Gasteiger partial charge in [-0.2, -0.15) is 0 Å². The maximum Gasteiger partial charge on any atom is 0.0979 e. The standard InChI is InChI=1S/C56H34N4/c1-2-17-38(18-3-1)59-49-27-9-6-20-42(49)46-34-37(31-33-51(46)59)54-55(58-48-26-8-7-25-47(48)57-54)44-24-12-22-41-40(44)21-13-28-50(41)60-52-29-11-16-36-15-10-23-43(53(36)52)45-32-30-35-14-4-5-19-39(35)56(45)60/h1-34H. The van der Waals surface area contributed by atoms with Crippen LogP contribution in [0.25, 0.3) is 104 Å². The van der Waals surface area contributed by atoms with Crippen LogP contribution >= 0.6 is 0 Å². The number of para-hydroxylation sites is 4. The third kappa shape index (κ3) is 4.73. The van der Waals surface area contributed by atoms with Gasteiger partial charge >= 0.3 is 0 Å². The molecule has 1 aliphatic heterocycles. The van der Waals surface area contributed by atoms with E-state index in [2.05, 4.69) is 204 Å². The summed E-state index contributed by atoms with van der Waals surface area (Å²) in [5.41, 5.74) is 15.0. The average Bonchev–Trinajstić information content (AvgIpc) is 3.65. The van der Waals surface area contributed by atoms with Gasteiger partial charge in [-0.15, -0.1) is 0 Å². The Kier molecular flexibility index (Phi) is 6.98. The van der Waals surface area contributed by atoms with Gasteiger partial charge in [0.15, 0.2) is 0 Å². The molecule has 3 heterocycles. The van der Waals surface area contributed by atoms with Crippen molar-refractivity contribution in [1.29, 1.82) is 0 Å². The quantitative estimate of drug-likeness (QED) is 0.179. The Labute approximate surface area is 345 Å². The van der Waals surface area contributed by atoms with Crippen molar-refractivity contribution in [3.63, 3.8) is 0 Å². The highest BCUT2D eigenvalue weighted by atomic mass is 15.2. The molecule has 0 fully saturated rings. The van der Waals surface area contributed by atoms with E-state index in [9.17, 15) is 0 Å². The number of fused-ring (bicyclic) bond motifs is 9. The van der Waals surface area contributed by atoms with E-state index < -0.39 is 0 Å². The molecular formula is C56H34N4. The van der Waals surface area contributed by atoms with Crippen LogP contribution in [0.1, 0.15) is 0 Å². The monoisotopic (exact) mass is 762 g/mol. The van der Waals surface area contributed by atoms with Crippen molar-refractivity contribution in [1.82, 2.24) is 14.5 Å². The summed E-state index contributed by atoms with van der Waals surface area (Å²) < 4.78 is 2.36. The molecule has 0 aliphatic carbocycles. The van der Waals surface area contributed by atoms with Crippen molar-refractivity contribution in [2.24, 2.45) is 0 Å². The van der Waals surface area contributed by atoms with Crippen molar-refractivity contribution in [2.45, 2.75) is 0 Å². The van der Waals surface area contributed by atoms with Crippen molar-refractivity contribution >= 4 is 82.2 Å². The first-order chi connectivity index (χ1) is 29.8. The highest BCUT2D eigenvalue weighted by molar-refractivity contribution is 6.21. The number of hydrogen-bond acceptors (Lipinski definition) is 3. The number of benzene rings is 10. The molecule has 4 nitrogen and oxygen atoms in total. The molecule has 2 aromatic heterocycles. The lowest BCUT2D eigenvalue weighted by molar-refractivity contribution is 1.18. The predicted molar refractivity (Wildman–Crippen MR) is 251 cm³/mol. The molecule has 13 rings (SSSR count). The lowest BCUT2D eigenvalue weighted by Gasteiger charge is -2.35. The Bertz CT molecular complexity index is 3730. The first kappa shape index (κ1) is 32.9. The molecule has 4 heteroatoms. The topological polar surface area (TPSA) is 34.0 Å². The smallest absolute Gasteiger partial charge is 0.0979 e. The maximum absolute atomic E-state index is 5.47. The average molecular weight is 763 g/mol. The minimum atomic E-state index is 0.859.